The van der Waals surface area contributed by atoms with Crippen molar-refractivity contribution in [2.24, 2.45) is 5.73 Å². The van der Waals surface area contributed by atoms with Gasteiger partial charge in [0.05, 0.1) is 5.56 Å². The number of benzene rings is 1. The molecule has 84 valence electrons. The van der Waals surface area contributed by atoms with E-state index in [9.17, 15) is 13.2 Å². The topological polar surface area (TPSA) is 26.0 Å². The third kappa shape index (κ3) is 2.44. The fraction of sp³-hybridized carbons (Fsp3) is 0.400. The molecule has 1 aromatic carbocycles. The van der Waals surface area contributed by atoms with Gasteiger partial charge < -0.3 is 5.73 Å². The number of halogens is 4. The number of hydrogen-bond acceptors (Lipinski definition) is 1. The van der Waals surface area contributed by atoms with Gasteiger partial charge in [-0.2, -0.15) is 13.2 Å². The normalized spacial score (nSPS) is 24.5. The summed E-state index contributed by atoms with van der Waals surface area (Å²) < 4.78 is 37.6. The average Bonchev–Trinajstić information content (AvgIpc) is 2.81. The molecule has 15 heavy (non-hydrogen) atoms. The lowest BCUT2D eigenvalue weighted by atomic mass is 10.0. The second-order valence-electron chi connectivity index (χ2n) is 3.59. The van der Waals surface area contributed by atoms with Crippen molar-refractivity contribution in [3.8, 4) is 0 Å². The van der Waals surface area contributed by atoms with Crippen molar-refractivity contribution in [1.29, 1.82) is 0 Å². The number of hydrogen-bond donors (Lipinski definition) is 1. The van der Waals surface area contributed by atoms with Crippen LogP contribution in [0.25, 0.3) is 0 Å². The molecule has 0 saturated heterocycles. The minimum atomic E-state index is -4.26. The van der Waals surface area contributed by atoms with Gasteiger partial charge in [-0.3, -0.25) is 0 Å². The molecule has 0 radical (unpaired) electrons. The van der Waals surface area contributed by atoms with Crippen molar-refractivity contribution in [2.75, 3.05) is 0 Å². The highest BCUT2D eigenvalue weighted by molar-refractivity contribution is 5.85. The van der Waals surface area contributed by atoms with Gasteiger partial charge in [-0.1, -0.05) is 18.2 Å². The van der Waals surface area contributed by atoms with E-state index >= 15 is 0 Å². The summed E-state index contributed by atoms with van der Waals surface area (Å²) in [6, 6.07) is 5.55. The Morgan fingerprint density at radius 3 is 2.20 bits per heavy atom. The molecule has 0 aliphatic heterocycles. The van der Waals surface area contributed by atoms with Gasteiger partial charge in [0.1, 0.15) is 0 Å². The molecular weight excluding hydrogens is 227 g/mol. The monoisotopic (exact) mass is 237 g/mol. The lowest BCUT2D eigenvalue weighted by Gasteiger charge is -2.11. The van der Waals surface area contributed by atoms with E-state index in [1.807, 2.05) is 0 Å². The summed E-state index contributed by atoms with van der Waals surface area (Å²) in [5, 5.41) is 0. The molecular formula is C10H11ClF3N. The molecule has 0 unspecified atom stereocenters. The molecule has 1 nitrogen and oxygen atoms in total. The van der Waals surface area contributed by atoms with Crippen LogP contribution in [0.2, 0.25) is 0 Å². The van der Waals surface area contributed by atoms with E-state index in [4.69, 9.17) is 5.73 Å². The van der Waals surface area contributed by atoms with E-state index in [2.05, 4.69) is 0 Å². The maximum atomic E-state index is 12.5. The third-order valence-electron chi connectivity index (χ3n) is 2.51. The number of alkyl halides is 3. The Hall–Kier alpha value is -0.740. The Bertz CT molecular complexity index is 351. The van der Waals surface area contributed by atoms with Crippen molar-refractivity contribution in [3.63, 3.8) is 0 Å². The van der Waals surface area contributed by atoms with E-state index in [-0.39, 0.29) is 24.4 Å². The van der Waals surface area contributed by atoms with Crippen LogP contribution in [0, 0.1) is 0 Å². The highest BCUT2D eigenvalue weighted by Gasteiger charge is 2.42. The molecule has 1 saturated carbocycles. The summed E-state index contributed by atoms with van der Waals surface area (Å²) >= 11 is 0. The lowest BCUT2D eigenvalue weighted by Crippen LogP contribution is -2.10. The second-order valence-corrected chi connectivity index (χ2v) is 3.59. The Labute approximate surface area is 91.9 Å². The molecule has 2 rings (SSSR count). The SMILES string of the molecule is Cl.N[C@H]1C[C@@H]1c1ccccc1C(F)(F)F. The molecule has 5 heteroatoms. The maximum Gasteiger partial charge on any atom is 0.416 e. The zero-order valence-corrected chi connectivity index (χ0v) is 8.61. The predicted molar refractivity (Wildman–Crippen MR) is 54.0 cm³/mol. The van der Waals surface area contributed by atoms with Gasteiger partial charge in [0, 0.05) is 12.0 Å². The standard InChI is InChI=1S/C10H10F3N.ClH/c11-10(12,13)8-4-2-1-3-6(8)7-5-9(7)14;/h1-4,7,9H,5,14H2;1H/t7-,9+;/m1./s1. The van der Waals surface area contributed by atoms with Crippen LogP contribution >= 0.6 is 12.4 Å². The summed E-state index contributed by atoms with van der Waals surface area (Å²) in [6.45, 7) is 0. The molecule has 0 bridgehead atoms. The Morgan fingerprint density at radius 1 is 1.20 bits per heavy atom. The minimum absolute atomic E-state index is 0. The van der Waals surface area contributed by atoms with Crippen LogP contribution in [-0.2, 0) is 6.18 Å². The van der Waals surface area contributed by atoms with Crippen molar-refractivity contribution in [1.82, 2.24) is 0 Å². The van der Waals surface area contributed by atoms with Gasteiger partial charge in [0.2, 0.25) is 0 Å². The molecule has 0 amide bonds. The highest BCUT2D eigenvalue weighted by Crippen LogP contribution is 2.44. The van der Waals surface area contributed by atoms with Crippen LogP contribution in [0.1, 0.15) is 23.5 Å². The van der Waals surface area contributed by atoms with Crippen molar-refractivity contribution >= 4 is 12.4 Å². The van der Waals surface area contributed by atoms with Gasteiger partial charge in [-0.25, -0.2) is 0 Å². The van der Waals surface area contributed by atoms with Crippen LogP contribution in [0.4, 0.5) is 13.2 Å². The first-order chi connectivity index (χ1) is 6.50. The summed E-state index contributed by atoms with van der Waals surface area (Å²) in [7, 11) is 0. The summed E-state index contributed by atoms with van der Waals surface area (Å²) in [4.78, 5) is 0. The predicted octanol–water partition coefficient (Wildman–Crippen LogP) is 2.94. The zero-order chi connectivity index (χ0) is 10.3. The van der Waals surface area contributed by atoms with Crippen LogP contribution < -0.4 is 5.73 Å². The van der Waals surface area contributed by atoms with Gasteiger partial charge in [-0.05, 0) is 18.1 Å². The molecule has 0 aromatic heterocycles. The van der Waals surface area contributed by atoms with Crippen LogP contribution in [0.3, 0.4) is 0 Å². The zero-order valence-electron chi connectivity index (χ0n) is 7.79. The molecule has 1 aliphatic carbocycles. The first kappa shape index (κ1) is 12.3. The summed E-state index contributed by atoms with van der Waals surface area (Å²) in [5.74, 6) is -0.104. The van der Waals surface area contributed by atoms with Crippen LogP contribution in [0.5, 0.6) is 0 Å². The van der Waals surface area contributed by atoms with Crippen LogP contribution in [-0.4, -0.2) is 6.04 Å². The average molecular weight is 238 g/mol. The molecule has 2 atom stereocenters. The van der Waals surface area contributed by atoms with Crippen molar-refractivity contribution in [3.05, 3.63) is 35.4 Å². The first-order valence-corrected chi connectivity index (χ1v) is 4.42. The van der Waals surface area contributed by atoms with Crippen molar-refractivity contribution in [2.45, 2.75) is 24.6 Å². The Morgan fingerprint density at radius 2 is 1.73 bits per heavy atom. The fourth-order valence-corrected chi connectivity index (χ4v) is 1.65. The second kappa shape index (κ2) is 4.02. The molecule has 0 heterocycles. The van der Waals surface area contributed by atoms with Gasteiger partial charge in [0.25, 0.3) is 0 Å². The minimum Gasteiger partial charge on any atom is -0.327 e. The van der Waals surface area contributed by atoms with E-state index < -0.39 is 11.7 Å². The third-order valence-corrected chi connectivity index (χ3v) is 2.51. The highest BCUT2D eigenvalue weighted by atomic mass is 35.5. The van der Waals surface area contributed by atoms with Gasteiger partial charge in [-0.15, -0.1) is 12.4 Å². The molecule has 1 aromatic rings. The lowest BCUT2D eigenvalue weighted by molar-refractivity contribution is -0.138. The molecule has 1 aliphatic rings. The Kier molecular flexibility index (Phi) is 3.31. The van der Waals surface area contributed by atoms with E-state index in [0.29, 0.717) is 12.0 Å². The molecule has 0 spiro atoms. The Balaban J connectivity index is 0.00000112. The first-order valence-electron chi connectivity index (χ1n) is 4.42. The number of rotatable bonds is 1. The van der Waals surface area contributed by atoms with Gasteiger partial charge in [0.15, 0.2) is 0 Å². The van der Waals surface area contributed by atoms with E-state index in [0.717, 1.165) is 6.07 Å². The maximum absolute atomic E-state index is 12.5. The molecule has 1 fully saturated rings. The van der Waals surface area contributed by atoms with E-state index in [1.165, 1.54) is 12.1 Å². The summed E-state index contributed by atoms with van der Waals surface area (Å²) in [6.07, 6.45) is -3.61. The smallest absolute Gasteiger partial charge is 0.327 e. The van der Waals surface area contributed by atoms with Crippen LogP contribution in [0.15, 0.2) is 24.3 Å². The number of nitrogens with two attached hydrogens (primary N) is 1. The summed E-state index contributed by atoms with van der Waals surface area (Å²) in [5.41, 5.74) is 5.34. The molecule has 2 N–H and O–H groups in total. The van der Waals surface area contributed by atoms with E-state index in [1.54, 1.807) is 6.07 Å². The van der Waals surface area contributed by atoms with Crippen molar-refractivity contribution < 1.29 is 13.2 Å². The quantitative estimate of drug-likeness (QED) is 0.799. The van der Waals surface area contributed by atoms with Gasteiger partial charge >= 0.3 is 6.18 Å². The largest absolute Gasteiger partial charge is 0.416 e. The fourth-order valence-electron chi connectivity index (χ4n) is 1.65.